The molecule has 1 amide bonds. The standard InChI is InChI=1S/C13H17N5O.2ClH/c1-10(14-2)7-17-13(19)11-3-4-12(16-8-11)18-6-5-15-9-18;;/h3-6,8-10,14H,7H2,1-2H3,(H,17,19);2*1H. The quantitative estimate of drug-likeness (QED) is 0.869. The smallest absolute Gasteiger partial charge is 0.252 e. The van der Waals surface area contributed by atoms with Crippen LogP contribution >= 0.6 is 24.8 Å². The molecule has 21 heavy (non-hydrogen) atoms. The monoisotopic (exact) mass is 331 g/mol. The molecule has 0 radical (unpaired) electrons. The molecule has 0 aliphatic heterocycles. The van der Waals surface area contributed by atoms with E-state index >= 15 is 0 Å². The van der Waals surface area contributed by atoms with Gasteiger partial charge in [-0.15, -0.1) is 24.8 Å². The molecular formula is C13H19Cl2N5O. The van der Waals surface area contributed by atoms with Crippen LogP contribution in [0.5, 0.6) is 0 Å². The predicted octanol–water partition coefficient (Wildman–Crippen LogP) is 1.45. The van der Waals surface area contributed by atoms with Crippen molar-refractivity contribution in [1.82, 2.24) is 25.2 Å². The van der Waals surface area contributed by atoms with Crippen LogP contribution in [0.4, 0.5) is 0 Å². The highest BCUT2D eigenvalue weighted by Crippen LogP contribution is 2.05. The number of rotatable bonds is 5. The normalized spacial score (nSPS) is 11.0. The van der Waals surface area contributed by atoms with Gasteiger partial charge >= 0.3 is 0 Å². The van der Waals surface area contributed by atoms with E-state index in [9.17, 15) is 4.79 Å². The Morgan fingerprint density at radius 2 is 2.14 bits per heavy atom. The Kier molecular flexibility index (Phi) is 8.61. The largest absolute Gasteiger partial charge is 0.350 e. The summed E-state index contributed by atoms with van der Waals surface area (Å²) < 4.78 is 1.78. The molecule has 0 aromatic carbocycles. The van der Waals surface area contributed by atoms with Gasteiger partial charge in [-0.05, 0) is 26.1 Å². The molecule has 1 atom stereocenters. The summed E-state index contributed by atoms with van der Waals surface area (Å²) in [6.07, 6.45) is 6.71. The zero-order valence-electron chi connectivity index (χ0n) is 11.8. The lowest BCUT2D eigenvalue weighted by atomic mass is 10.2. The van der Waals surface area contributed by atoms with Crippen molar-refractivity contribution in [2.75, 3.05) is 13.6 Å². The van der Waals surface area contributed by atoms with E-state index in [0.717, 1.165) is 5.82 Å². The first-order chi connectivity index (χ1) is 9.20. The number of aromatic nitrogens is 3. The number of likely N-dealkylation sites (N-methyl/N-ethyl adjacent to an activating group) is 1. The van der Waals surface area contributed by atoms with Gasteiger partial charge in [0.15, 0.2) is 0 Å². The Balaban J connectivity index is 0.00000200. The van der Waals surface area contributed by atoms with E-state index in [1.54, 1.807) is 41.6 Å². The first kappa shape index (κ1) is 19.4. The fourth-order valence-electron chi connectivity index (χ4n) is 1.52. The lowest BCUT2D eigenvalue weighted by Gasteiger charge is -2.11. The number of hydrogen-bond acceptors (Lipinski definition) is 4. The van der Waals surface area contributed by atoms with Crippen molar-refractivity contribution in [3.8, 4) is 5.82 Å². The molecule has 2 heterocycles. The van der Waals surface area contributed by atoms with Crippen molar-refractivity contribution < 1.29 is 4.79 Å². The molecule has 0 fully saturated rings. The summed E-state index contributed by atoms with van der Waals surface area (Å²) in [5, 5.41) is 5.90. The Hall–Kier alpha value is -1.63. The van der Waals surface area contributed by atoms with Crippen molar-refractivity contribution in [3.05, 3.63) is 42.6 Å². The summed E-state index contributed by atoms with van der Waals surface area (Å²) >= 11 is 0. The molecule has 2 aromatic heterocycles. The molecular weight excluding hydrogens is 313 g/mol. The molecule has 0 aliphatic carbocycles. The minimum absolute atomic E-state index is 0. The van der Waals surface area contributed by atoms with Crippen LogP contribution < -0.4 is 10.6 Å². The number of carbonyl (C=O) groups excluding carboxylic acids is 1. The van der Waals surface area contributed by atoms with Crippen molar-refractivity contribution in [2.45, 2.75) is 13.0 Å². The molecule has 116 valence electrons. The predicted molar refractivity (Wildman–Crippen MR) is 86.7 cm³/mol. The number of imidazole rings is 1. The maximum absolute atomic E-state index is 11.9. The summed E-state index contributed by atoms with van der Waals surface area (Å²) in [5.41, 5.74) is 0.548. The van der Waals surface area contributed by atoms with Crippen molar-refractivity contribution in [3.63, 3.8) is 0 Å². The van der Waals surface area contributed by atoms with Gasteiger partial charge in [0.25, 0.3) is 5.91 Å². The molecule has 0 aliphatic rings. The first-order valence-electron chi connectivity index (χ1n) is 6.10. The van der Waals surface area contributed by atoms with Crippen LogP contribution in [0.1, 0.15) is 17.3 Å². The maximum Gasteiger partial charge on any atom is 0.252 e. The van der Waals surface area contributed by atoms with Gasteiger partial charge < -0.3 is 10.6 Å². The third-order valence-corrected chi connectivity index (χ3v) is 2.84. The summed E-state index contributed by atoms with van der Waals surface area (Å²) in [6, 6.07) is 3.78. The van der Waals surface area contributed by atoms with E-state index in [2.05, 4.69) is 20.6 Å². The molecule has 0 saturated heterocycles. The summed E-state index contributed by atoms with van der Waals surface area (Å²) in [7, 11) is 1.86. The first-order valence-corrected chi connectivity index (χ1v) is 6.10. The highest BCUT2D eigenvalue weighted by Gasteiger charge is 2.07. The van der Waals surface area contributed by atoms with Gasteiger partial charge in [-0.2, -0.15) is 0 Å². The number of nitrogens with zero attached hydrogens (tertiary/aromatic N) is 3. The number of halogens is 2. The SMILES string of the molecule is CNC(C)CNC(=O)c1ccc(-n2ccnc2)nc1.Cl.Cl. The van der Waals surface area contributed by atoms with Gasteiger partial charge in [0.2, 0.25) is 0 Å². The Bertz CT molecular complexity index is 530. The molecule has 2 aromatic rings. The van der Waals surface area contributed by atoms with Crippen LogP contribution in [-0.2, 0) is 0 Å². The second-order valence-corrected chi connectivity index (χ2v) is 4.27. The highest BCUT2D eigenvalue weighted by molar-refractivity contribution is 5.93. The lowest BCUT2D eigenvalue weighted by Crippen LogP contribution is -2.37. The van der Waals surface area contributed by atoms with Crippen LogP contribution in [0.2, 0.25) is 0 Å². The van der Waals surface area contributed by atoms with E-state index in [4.69, 9.17) is 0 Å². The van der Waals surface area contributed by atoms with Crippen LogP contribution in [0, 0.1) is 0 Å². The van der Waals surface area contributed by atoms with Gasteiger partial charge in [-0.1, -0.05) is 0 Å². The number of amides is 1. The lowest BCUT2D eigenvalue weighted by molar-refractivity contribution is 0.0950. The molecule has 2 rings (SSSR count). The average molecular weight is 332 g/mol. The van der Waals surface area contributed by atoms with Gasteiger partial charge in [0.1, 0.15) is 12.1 Å². The third-order valence-electron chi connectivity index (χ3n) is 2.84. The van der Waals surface area contributed by atoms with E-state index in [1.807, 2.05) is 14.0 Å². The van der Waals surface area contributed by atoms with Crippen LogP contribution in [-0.4, -0.2) is 40.1 Å². The minimum atomic E-state index is -0.119. The number of hydrogen-bond donors (Lipinski definition) is 2. The fourth-order valence-corrected chi connectivity index (χ4v) is 1.52. The third kappa shape index (κ3) is 5.34. The molecule has 6 nitrogen and oxygen atoms in total. The molecule has 8 heteroatoms. The topological polar surface area (TPSA) is 71.8 Å². The summed E-state index contributed by atoms with van der Waals surface area (Å²) in [4.78, 5) is 20.1. The van der Waals surface area contributed by atoms with Crippen LogP contribution in [0.25, 0.3) is 5.82 Å². The molecule has 1 unspecified atom stereocenters. The maximum atomic E-state index is 11.9. The van der Waals surface area contributed by atoms with E-state index in [0.29, 0.717) is 12.1 Å². The summed E-state index contributed by atoms with van der Waals surface area (Å²) in [5.74, 6) is 0.615. The summed E-state index contributed by atoms with van der Waals surface area (Å²) in [6.45, 7) is 2.58. The highest BCUT2D eigenvalue weighted by atomic mass is 35.5. The van der Waals surface area contributed by atoms with Gasteiger partial charge in [0.05, 0.1) is 5.56 Å². The minimum Gasteiger partial charge on any atom is -0.350 e. The Labute approximate surface area is 136 Å². The Morgan fingerprint density at radius 1 is 1.38 bits per heavy atom. The van der Waals surface area contributed by atoms with Gasteiger partial charge in [0, 0.05) is 31.2 Å². The van der Waals surface area contributed by atoms with Crippen molar-refractivity contribution in [2.24, 2.45) is 0 Å². The van der Waals surface area contributed by atoms with Crippen LogP contribution in [0.15, 0.2) is 37.1 Å². The van der Waals surface area contributed by atoms with E-state index in [-0.39, 0.29) is 36.8 Å². The fraction of sp³-hybridized carbons (Fsp3) is 0.308. The zero-order chi connectivity index (χ0) is 13.7. The van der Waals surface area contributed by atoms with Crippen LogP contribution in [0.3, 0.4) is 0 Å². The number of carbonyl (C=O) groups is 1. The number of nitrogens with one attached hydrogen (secondary N) is 2. The molecule has 0 spiro atoms. The second kappa shape index (κ2) is 9.33. The number of pyridine rings is 1. The van der Waals surface area contributed by atoms with Gasteiger partial charge in [-0.3, -0.25) is 9.36 Å². The van der Waals surface area contributed by atoms with Crippen molar-refractivity contribution >= 4 is 30.7 Å². The van der Waals surface area contributed by atoms with E-state index in [1.165, 1.54) is 0 Å². The molecule has 2 N–H and O–H groups in total. The molecule has 0 saturated carbocycles. The Morgan fingerprint density at radius 3 is 2.67 bits per heavy atom. The second-order valence-electron chi connectivity index (χ2n) is 4.27. The zero-order valence-corrected chi connectivity index (χ0v) is 13.4. The molecule has 0 bridgehead atoms. The van der Waals surface area contributed by atoms with E-state index < -0.39 is 0 Å². The average Bonchev–Trinajstić information content (AvgIpc) is 2.98. The van der Waals surface area contributed by atoms with Gasteiger partial charge in [-0.25, -0.2) is 9.97 Å². The van der Waals surface area contributed by atoms with Crippen molar-refractivity contribution in [1.29, 1.82) is 0 Å².